The number of anilines is 1. The fourth-order valence-corrected chi connectivity index (χ4v) is 5.28. The summed E-state index contributed by atoms with van der Waals surface area (Å²) in [5.74, 6) is -0.591. The minimum atomic E-state index is -3.91. The highest BCUT2D eigenvalue weighted by Crippen LogP contribution is 2.30. The zero-order valence-electron chi connectivity index (χ0n) is 23.2. The number of carbonyl (C=O) groups excluding carboxylic acids is 2. The molecule has 0 spiro atoms. The van der Waals surface area contributed by atoms with Gasteiger partial charge in [0.15, 0.2) is 0 Å². The van der Waals surface area contributed by atoms with Crippen molar-refractivity contribution < 1.29 is 22.7 Å². The number of sulfonamides is 1. The zero-order valence-corrected chi connectivity index (χ0v) is 24.8. The summed E-state index contributed by atoms with van der Waals surface area (Å²) >= 11 is 6.48. The Kier molecular flexibility index (Phi) is 11.0. The Morgan fingerprint density at radius 3 is 2.23 bits per heavy atom. The smallest absolute Gasteiger partial charge is 0.244 e. The summed E-state index contributed by atoms with van der Waals surface area (Å²) in [6.07, 6.45) is 1.97. The van der Waals surface area contributed by atoms with Crippen LogP contribution >= 0.6 is 11.6 Å². The second kappa shape index (κ2) is 14.2. The van der Waals surface area contributed by atoms with Crippen molar-refractivity contribution >= 4 is 39.1 Å². The molecule has 0 heterocycles. The molecule has 0 unspecified atom stereocenters. The van der Waals surface area contributed by atoms with Gasteiger partial charge < -0.3 is 15.0 Å². The van der Waals surface area contributed by atoms with E-state index in [1.54, 1.807) is 48.5 Å². The van der Waals surface area contributed by atoms with Gasteiger partial charge in [-0.25, -0.2) is 8.42 Å². The van der Waals surface area contributed by atoms with Crippen molar-refractivity contribution in [2.75, 3.05) is 24.2 Å². The normalized spacial score (nSPS) is 12.7. The van der Waals surface area contributed by atoms with Gasteiger partial charge in [-0.2, -0.15) is 0 Å². The highest BCUT2D eigenvalue weighted by atomic mass is 35.5. The Hall–Kier alpha value is -3.56. The number of nitrogens with one attached hydrogen (secondary N) is 1. The SMILES string of the molecule is CC[C@H](C)NC(=O)[C@@H](Cc1ccccc1)N(Cc1ccccc1Cl)C(=O)CN(c1ccccc1OC)S(C)(=O)=O. The molecule has 8 nitrogen and oxygen atoms in total. The molecule has 214 valence electrons. The first-order chi connectivity index (χ1) is 19.0. The Morgan fingerprint density at radius 2 is 1.60 bits per heavy atom. The second-order valence-electron chi connectivity index (χ2n) is 9.58. The molecule has 2 amide bonds. The predicted octanol–water partition coefficient (Wildman–Crippen LogP) is 4.67. The maximum absolute atomic E-state index is 14.1. The first-order valence-corrected chi connectivity index (χ1v) is 15.3. The van der Waals surface area contributed by atoms with Crippen molar-refractivity contribution in [2.24, 2.45) is 0 Å². The van der Waals surface area contributed by atoms with Crippen molar-refractivity contribution in [1.82, 2.24) is 10.2 Å². The van der Waals surface area contributed by atoms with Crippen LogP contribution in [0.15, 0.2) is 78.9 Å². The van der Waals surface area contributed by atoms with Gasteiger partial charge in [0.2, 0.25) is 21.8 Å². The van der Waals surface area contributed by atoms with Crippen molar-refractivity contribution in [3.8, 4) is 5.75 Å². The van der Waals surface area contributed by atoms with Crippen LogP contribution in [0.1, 0.15) is 31.4 Å². The minimum Gasteiger partial charge on any atom is -0.495 e. The molecule has 0 fully saturated rings. The quantitative estimate of drug-likeness (QED) is 0.314. The third-order valence-corrected chi connectivity index (χ3v) is 8.10. The molecule has 0 aliphatic carbocycles. The van der Waals surface area contributed by atoms with E-state index >= 15 is 0 Å². The molecule has 2 atom stereocenters. The van der Waals surface area contributed by atoms with Crippen LogP contribution in [0.3, 0.4) is 0 Å². The summed E-state index contributed by atoms with van der Waals surface area (Å²) in [7, 11) is -2.48. The van der Waals surface area contributed by atoms with E-state index in [-0.39, 0.29) is 30.6 Å². The van der Waals surface area contributed by atoms with Crippen molar-refractivity contribution in [3.05, 3.63) is 95.0 Å². The molecule has 3 aromatic carbocycles. The highest BCUT2D eigenvalue weighted by molar-refractivity contribution is 7.92. The van der Waals surface area contributed by atoms with Crippen LogP contribution in [0.2, 0.25) is 5.02 Å². The number of benzene rings is 3. The maximum Gasteiger partial charge on any atom is 0.244 e. The number of hydrogen-bond donors (Lipinski definition) is 1. The first kappa shape index (κ1) is 31.0. The molecule has 1 N–H and O–H groups in total. The van der Waals surface area contributed by atoms with Gasteiger partial charge >= 0.3 is 0 Å². The molecule has 10 heteroatoms. The molecule has 0 saturated heterocycles. The Balaban J connectivity index is 2.09. The lowest BCUT2D eigenvalue weighted by Gasteiger charge is -2.34. The predicted molar refractivity (Wildman–Crippen MR) is 159 cm³/mol. The molecule has 0 radical (unpaired) electrons. The molecule has 3 aromatic rings. The molecule has 0 aliphatic heterocycles. The summed E-state index contributed by atoms with van der Waals surface area (Å²) in [6.45, 7) is 3.32. The summed E-state index contributed by atoms with van der Waals surface area (Å²) in [4.78, 5) is 29.3. The Morgan fingerprint density at radius 1 is 0.975 bits per heavy atom. The lowest BCUT2D eigenvalue weighted by Crippen LogP contribution is -2.54. The first-order valence-electron chi connectivity index (χ1n) is 13.0. The molecule has 0 bridgehead atoms. The minimum absolute atomic E-state index is 0.00740. The lowest BCUT2D eigenvalue weighted by molar-refractivity contribution is -0.140. The fourth-order valence-electron chi connectivity index (χ4n) is 4.24. The van der Waals surface area contributed by atoms with E-state index in [1.807, 2.05) is 44.2 Å². The number of nitrogens with zero attached hydrogens (tertiary/aromatic N) is 2. The van der Waals surface area contributed by atoms with Crippen molar-refractivity contribution in [1.29, 1.82) is 0 Å². The van der Waals surface area contributed by atoms with Crippen molar-refractivity contribution in [2.45, 2.75) is 45.3 Å². The van der Waals surface area contributed by atoms with Crippen LogP contribution in [0, 0.1) is 0 Å². The monoisotopic (exact) mass is 585 g/mol. The average Bonchev–Trinajstić information content (AvgIpc) is 2.94. The van der Waals surface area contributed by atoms with Crippen LogP contribution in [0.25, 0.3) is 0 Å². The standard InChI is InChI=1S/C30H36ClN3O5S/c1-5-22(2)32-30(36)27(19-23-13-7-6-8-14-23)33(20-24-15-9-10-16-25(24)31)29(35)21-34(40(4,37)38)26-17-11-12-18-28(26)39-3/h6-18,22,27H,5,19-21H2,1-4H3,(H,32,36)/t22-,27+/m0/s1. The Bertz CT molecular complexity index is 1400. The van der Waals surface area contributed by atoms with Gasteiger partial charge in [-0.3, -0.25) is 13.9 Å². The number of methoxy groups -OCH3 is 1. The lowest BCUT2D eigenvalue weighted by atomic mass is 10.0. The van der Waals surface area contributed by atoms with Crippen LogP contribution in [-0.4, -0.2) is 57.1 Å². The van der Waals surface area contributed by atoms with Crippen LogP contribution in [-0.2, 0) is 32.6 Å². The average molecular weight is 586 g/mol. The summed E-state index contributed by atoms with van der Waals surface area (Å²) in [5.41, 5.74) is 1.71. The molecule has 0 aromatic heterocycles. The second-order valence-corrected chi connectivity index (χ2v) is 11.9. The van der Waals surface area contributed by atoms with E-state index in [2.05, 4.69) is 5.32 Å². The third kappa shape index (κ3) is 8.22. The molecular weight excluding hydrogens is 550 g/mol. The molecule has 40 heavy (non-hydrogen) atoms. The number of halogens is 1. The van der Waals surface area contributed by atoms with Gasteiger partial charge in [0, 0.05) is 24.0 Å². The van der Waals surface area contributed by atoms with E-state index < -0.39 is 28.5 Å². The number of ether oxygens (including phenoxy) is 1. The number of carbonyl (C=O) groups is 2. The number of hydrogen-bond acceptors (Lipinski definition) is 5. The molecule has 3 rings (SSSR count). The van der Waals surface area contributed by atoms with E-state index in [0.717, 1.165) is 16.1 Å². The zero-order chi connectivity index (χ0) is 29.3. The van der Waals surface area contributed by atoms with Gasteiger partial charge in [-0.05, 0) is 42.7 Å². The molecule has 0 aliphatic rings. The van der Waals surface area contributed by atoms with E-state index in [0.29, 0.717) is 22.8 Å². The van der Waals surface area contributed by atoms with Gasteiger partial charge in [-0.15, -0.1) is 0 Å². The fraction of sp³-hybridized carbons (Fsp3) is 0.333. The van der Waals surface area contributed by atoms with Crippen LogP contribution in [0.4, 0.5) is 5.69 Å². The van der Waals surface area contributed by atoms with Gasteiger partial charge in [0.05, 0.1) is 19.1 Å². The van der Waals surface area contributed by atoms with E-state index in [4.69, 9.17) is 16.3 Å². The third-order valence-electron chi connectivity index (χ3n) is 6.60. The largest absolute Gasteiger partial charge is 0.495 e. The maximum atomic E-state index is 14.1. The number of amides is 2. The van der Waals surface area contributed by atoms with Gasteiger partial charge in [0.1, 0.15) is 18.3 Å². The highest BCUT2D eigenvalue weighted by Gasteiger charge is 2.34. The van der Waals surface area contributed by atoms with Gasteiger partial charge in [-0.1, -0.05) is 79.2 Å². The number of para-hydroxylation sites is 2. The van der Waals surface area contributed by atoms with Crippen LogP contribution < -0.4 is 14.4 Å². The summed E-state index contributed by atoms with van der Waals surface area (Å²) < 4.78 is 32.3. The van der Waals surface area contributed by atoms with E-state index in [9.17, 15) is 18.0 Å². The van der Waals surface area contributed by atoms with Gasteiger partial charge in [0.25, 0.3) is 0 Å². The summed E-state index contributed by atoms with van der Waals surface area (Å²) in [6, 6.07) is 22.0. The molecule has 0 saturated carbocycles. The Labute approximate surface area is 241 Å². The van der Waals surface area contributed by atoms with Crippen LogP contribution in [0.5, 0.6) is 5.75 Å². The van der Waals surface area contributed by atoms with Crippen molar-refractivity contribution in [3.63, 3.8) is 0 Å². The summed E-state index contributed by atoms with van der Waals surface area (Å²) in [5, 5.41) is 3.44. The topological polar surface area (TPSA) is 96.0 Å². The molecular formula is C30H36ClN3O5S. The number of rotatable bonds is 13. The van der Waals surface area contributed by atoms with E-state index in [1.165, 1.54) is 12.0 Å².